The maximum Gasteiger partial charge on any atom is 0.241 e. The van der Waals surface area contributed by atoms with Gasteiger partial charge in [-0.3, -0.25) is 0 Å². The molecular formula is C19H22N2O3S. The van der Waals surface area contributed by atoms with Gasteiger partial charge >= 0.3 is 0 Å². The molecule has 2 aliphatic rings. The number of hydrogen-bond donors (Lipinski definition) is 2. The number of ether oxygens (including phenoxy) is 1. The summed E-state index contributed by atoms with van der Waals surface area (Å²) in [6.45, 7) is 1.98. The highest BCUT2D eigenvalue weighted by Gasteiger charge is 2.27. The second-order valence-electron chi connectivity index (χ2n) is 6.93. The summed E-state index contributed by atoms with van der Waals surface area (Å²) in [6.07, 6.45) is 3.51. The summed E-state index contributed by atoms with van der Waals surface area (Å²) < 4.78 is 34.3. The van der Waals surface area contributed by atoms with Gasteiger partial charge in [-0.15, -0.1) is 0 Å². The maximum atomic E-state index is 12.9. The average molecular weight is 358 g/mol. The number of anilines is 1. The van der Waals surface area contributed by atoms with Gasteiger partial charge in [-0.05, 0) is 73.2 Å². The van der Waals surface area contributed by atoms with Gasteiger partial charge in [0.15, 0.2) is 0 Å². The van der Waals surface area contributed by atoms with E-state index in [0.717, 1.165) is 53.8 Å². The Bertz CT molecular complexity index is 924. The van der Waals surface area contributed by atoms with E-state index in [9.17, 15) is 8.42 Å². The van der Waals surface area contributed by atoms with Crippen molar-refractivity contribution in [2.24, 2.45) is 0 Å². The van der Waals surface area contributed by atoms with Crippen molar-refractivity contribution >= 4 is 15.7 Å². The summed E-state index contributed by atoms with van der Waals surface area (Å²) in [4.78, 5) is 0.298. The van der Waals surface area contributed by atoms with E-state index in [1.165, 1.54) is 0 Å². The number of sulfonamides is 1. The summed E-state index contributed by atoms with van der Waals surface area (Å²) in [5.41, 5.74) is 9.69. The molecule has 4 rings (SSSR count). The van der Waals surface area contributed by atoms with Crippen LogP contribution in [-0.2, 0) is 22.9 Å². The molecule has 0 spiro atoms. The second-order valence-corrected chi connectivity index (χ2v) is 8.64. The van der Waals surface area contributed by atoms with Gasteiger partial charge in [0.1, 0.15) is 11.9 Å². The Morgan fingerprint density at radius 3 is 2.84 bits per heavy atom. The molecule has 0 radical (unpaired) electrons. The van der Waals surface area contributed by atoms with Crippen LogP contribution >= 0.6 is 0 Å². The molecule has 0 saturated carbocycles. The second kappa shape index (κ2) is 6.04. The van der Waals surface area contributed by atoms with Gasteiger partial charge in [-0.2, -0.15) is 0 Å². The Balaban J connectivity index is 1.62. The molecule has 2 unspecified atom stereocenters. The first-order chi connectivity index (χ1) is 11.9. The standard InChI is InChI=1S/C19H22N2O3S/c1-12-9-14-11-16(6-8-19(14)24-12)25(22,23)21-18-4-2-3-13-10-15(20)5-7-17(13)18/h5-8,10-12,18,21H,2-4,9,20H2,1H3. The van der Waals surface area contributed by atoms with Crippen LogP contribution in [0.15, 0.2) is 41.3 Å². The minimum atomic E-state index is -3.59. The summed E-state index contributed by atoms with van der Waals surface area (Å²) >= 11 is 0. The molecule has 5 nitrogen and oxygen atoms in total. The number of nitrogens with two attached hydrogens (primary N) is 1. The van der Waals surface area contributed by atoms with Crippen molar-refractivity contribution in [2.45, 2.75) is 49.6 Å². The number of nitrogens with one attached hydrogen (secondary N) is 1. The first-order valence-electron chi connectivity index (χ1n) is 8.62. The Morgan fingerprint density at radius 1 is 1.16 bits per heavy atom. The maximum absolute atomic E-state index is 12.9. The van der Waals surface area contributed by atoms with Crippen LogP contribution < -0.4 is 15.2 Å². The summed E-state index contributed by atoms with van der Waals surface area (Å²) in [5.74, 6) is 0.782. The number of aryl methyl sites for hydroxylation is 1. The lowest BCUT2D eigenvalue weighted by atomic mass is 9.88. The van der Waals surface area contributed by atoms with Crippen molar-refractivity contribution in [3.05, 3.63) is 53.1 Å². The van der Waals surface area contributed by atoms with Gasteiger partial charge < -0.3 is 10.5 Å². The Hall–Kier alpha value is -2.05. The summed E-state index contributed by atoms with van der Waals surface area (Å²) in [5, 5.41) is 0. The zero-order chi connectivity index (χ0) is 17.6. The highest BCUT2D eigenvalue weighted by molar-refractivity contribution is 7.89. The van der Waals surface area contributed by atoms with Crippen molar-refractivity contribution in [1.82, 2.24) is 4.72 Å². The van der Waals surface area contributed by atoms with Gasteiger partial charge in [-0.1, -0.05) is 6.07 Å². The third kappa shape index (κ3) is 3.12. The van der Waals surface area contributed by atoms with Crippen LogP contribution in [0.25, 0.3) is 0 Å². The van der Waals surface area contributed by atoms with Gasteiger partial charge in [0.25, 0.3) is 0 Å². The Morgan fingerprint density at radius 2 is 2.00 bits per heavy atom. The summed E-state index contributed by atoms with van der Waals surface area (Å²) in [6, 6.07) is 10.6. The molecule has 2 aromatic carbocycles. The average Bonchev–Trinajstić information content (AvgIpc) is 2.93. The highest BCUT2D eigenvalue weighted by atomic mass is 32.2. The van der Waals surface area contributed by atoms with Crippen molar-refractivity contribution in [3.8, 4) is 5.75 Å². The lowest BCUT2D eigenvalue weighted by Crippen LogP contribution is -2.31. The molecule has 1 aliphatic heterocycles. The number of rotatable bonds is 3. The molecule has 0 aromatic heterocycles. The van der Waals surface area contributed by atoms with Gasteiger partial charge in [0.2, 0.25) is 10.0 Å². The van der Waals surface area contributed by atoms with Crippen LogP contribution in [0.1, 0.15) is 42.5 Å². The SMILES string of the molecule is CC1Cc2cc(S(=O)(=O)NC3CCCc4cc(N)ccc43)ccc2O1. The molecule has 6 heteroatoms. The van der Waals surface area contributed by atoms with E-state index in [2.05, 4.69) is 4.72 Å². The lowest BCUT2D eigenvalue weighted by Gasteiger charge is -2.26. The van der Waals surface area contributed by atoms with Crippen molar-refractivity contribution in [3.63, 3.8) is 0 Å². The van der Waals surface area contributed by atoms with Crippen LogP contribution in [0.4, 0.5) is 5.69 Å². The zero-order valence-corrected chi connectivity index (χ0v) is 15.0. The fourth-order valence-corrected chi connectivity index (χ4v) is 5.08. The van der Waals surface area contributed by atoms with E-state index in [-0.39, 0.29) is 12.1 Å². The first-order valence-corrected chi connectivity index (χ1v) is 10.1. The van der Waals surface area contributed by atoms with E-state index in [1.54, 1.807) is 18.2 Å². The third-order valence-electron chi connectivity index (χ3n) is 4.96. The predicted molar refractivity (Wildman–Crippen MR) is 97.1 cm³/mol. The van der Waals surface area contributed by atoms with E-state index in [1.807, 2.05) is 25.1 Å². The molecule has 25 heavy (non-hydrogen) atoms. The van der Waals surface area contributed by atoms with Crippen molar-refractivity contribution in [2.75, 3.05) is 5.73 Å². The van der Waals surface area contributed by atoms with Crippen LogP contribution in [0.5, 0.6) is 5.75 Å². The molecule has 0 amide bonds. The number of hydrogen-bond acceptors (Lipinski definition) is 4. The van der Waals surface area contributed by atoms with E-state index in [0.29, 0.717) is 4.90 Å². The van der Waals surface area contributed by atoms with Crippen molar-refractivity contribution < 1.29 is 13.2 Å². The first kappa shape index (κ1) is 16.4. The molecule has 132 valence electrons. The van der Waals surface area contributed by atoms with E-state index >= 15 is 0 Å². The van der Waals surface area contributed by atoms with E-state index < -0.39 is 10.0 Å². The molecule has 0 saturated heterocycles. The van der Waals surface area contributed by atoms with Crippen LogP contribution in [0.3, 0.4) is 0 Å². The van der Waals surface area contributed by atoms with E-state index in [4.69, 9.17) is 10.5 Å². The monoisotopic (exact) mass is 358 g/mol. The summed E-state index contributed by atoms with van der Waals surface area (Å²) in [7, 11) is -3.59. The van der Waals surface area contributed by atoms with Gasteiger partial charge in [-0.25, -0.2) is 13.1 Å². The fourth-order valence-electron chi connectivity index (χ4n) is 3.78. The van der Waals surface area contributed by atoms with Gasteiger partial charge in [0.05, 0.1) is 4.90 Å². The topological polar surface area (TPSA) is 81.4 Å². The Kier molecular flexibility index (Phi) is 3.96. The van der Waals surface area contributed by atoms with Crippen LogP contribution in [0.2, 0.25) is 0 Å². The number of fused-ring (bicyclic) bond motifs is 2. The highest BCUT2D eigenvalue weighted by Crippen LogP contribution is 2.34. The minimum Gasteiger partial charge on any atom is -0.490 e. The molecular weight excluding hydrogens is 336 g/mol. The zero-order valence-electron chi connectivity index (χ0n) is 14.2. The lowest BCUT2D eigenvalue weighted by molar-refractivity contribution is 0.254. The predicted octanol–water partition coefficient (Wildman–Crippen LogP) is 2.95. The molecule has 0 fully saturated rings. The van der Waals surface area contributed by atoms with Gasteiger partial charge in [0, 0.05) is 18.2 Å². The smallest absolute Gasteiger partial charge is 0.241 e. The Labute approximate surface area is 148 Å². The quantitative estimate of drug-likeness (QED) is 0.827. The van der Waals surface area contributed by atoms with Crippen LogP contribution in [-0.4, -0.2) is 14.5 Å². The fraction of sp³-hybridized carbons (Fsp3) is 0.368. The normalized spacial score (nSPS) is 22.1. The van der Waals surface area contributed by atoms with Crippen LogP contribution in [0, 0.1) is 0 Å². The number of nitrogen functional groups attached to an aromatic ring is 1. The molecule has 1 heterocycles. The third-order valence-corrected chi connectivity index (χ3v) is 6.43. The van der Waals surface area contributed by atoms with Crippen molar-refractivity contribution in [1.29, 1.82) is 0 Å². The molecule has 2 aromatic rings. The number of benzene rings is 2. The minimum absolute atomic E-state index is 0.0941. The molecule has 0 bridgehead atoms. The largest absolute Gasteiger partial charge is 0.490 e. The molecule has 2 atom stereocenters. The molecule has 3 N–H and O–H groups in total. The molecule has 1 aliphatic carbocycles.